The summed E-state index contributed by atoms with van der Waals surface area (Å²) < 4.78 is 0. The van der Waals surface area contributed by atoms with Gasteiger partial charge in [0.1, 0.15) is 11.6 Å². The van der Waals surface area contributed by atoms with Crippen LogP contribution in [0, 0.1) is 5.41 Å². The van der Waals surface area contributed by atoms with Crippen LogP contribution in [-0.4, -0.2) is 11.6 Å². The second-order valence-corrected chi connectivity index (χ2v) is 4.12. The zero-order valence-corrected chi connectivity index (χ0v) is 9.13. The van der Waals surface area contributed by atoms with Gasteiger partial charge in [0.05, 0.1) is 5.41 Å². The van der Waals surface area contributed by atoms with Crippen molar-refractivity contribution in [3.05, 3.63) is 25.3 Å². The molecule has 1 fully saturated rings. The Bertz CT molecular complexity index is 259. The van der Waals surface area contributed by atoms with Crippen LogP contribution < -0.4 is 0 Å². The number of carbonyl (C=O) groups is 2. The van der Waals surface area contributed by atoms with Gasteiger partial charge in [-0.25, -0.2) is 0 Å². The number of rotatable bonds is 4. The molecule has 0 aromatic rings. The van der Waals surface area contributed by atoms with Gasteiger partial charge in [-0.05, 0) is 25.7 Å². The zero-order chi connectivity index (χ0) is 11.3. The highest BCUT2D eigenvalue weighted by Gasteiger charge is 2.43. The van der Waals surface area contributed by atoms with E-state index in [9.17, 15) is 9.59 Å². The lowest BCUT2D eigenvalue weighted by molar-refractivity contribution is -0.139. The molecule has 0 aliphatic heterocycles. The van der Waals surface area contributed by atoms with Crippen LogP contribution in [-0.2, 0) is 9.59 Å². The van der Waals surface area contributed by atoms with E-state index in [0.717, 1.165) is 12.8 Å². The van der Waals surface area contributed by atoms with Crippen LogP contribution in [0.25, 0.3) is 0 Å². The first kappa shape index (κ1) is 11.9. The molecule has 0 radical (unpaired) electrons. The van der Waals surface area contributed by atoms with Gasteiger partial charge in [0.25, 0.3) is 0 Å². The Morgan fingerprint density at radius 2 is 1.40 bits per heavy atom. The van der Waals surface area contributed by atoms with Crippen LogP contribution in [0.3, 0.4) is 0 Å². The first-order chi connectivity index (χ1) is 7.17. The molecule has 15 heavy (non-hydrogen) atoms. The fourth-order valence-electron chi connectivity index (χ4n) is 2.24. The third-order valence-corrected chi connectivity index (χ3v) is 3.11. The summed E-state index contributed by atoms with van der Waals surface area (Å²) in [7, 11) is 0. The Hall–Kier alpha value is -1.18. The summed E-state index contributed by atoms with van der Waals surface area (Å²) in [6, 6.07) is 0. The summed E-state index contributed by atoms with van der Waals surface area (Å²) in [6.45, 7) is 7.29. The van der Waals surface area contributed by atoms with Gasteiger partial charge in [0, 0.05) is 12.8 Å². The minimum Gasteiger partial charge on any atom is -0.299 e. The highest BCUT2D eigenvalue weighted by atomic mass is 16.2. The molecule has 0 aromatic heterocycles. The second-order valence-electron chi connectivity index (χ2n) is 4.12. The van der Waals surface area contributed by atoms with Crippen molar-refractivity contribution in [3.63, 3.8) is 0 Å². The summed E-state index contributed by atoms with van der Waals surface area (Å²) in [4.78, 5) is 24.0. The van der Waals surface area contributed by atoms with Crippen molar-refractivity contribution in [2.75, 3.05) is 0 Å². The van der Waals surface area contributed by atoms with Crippen LogP contribution in [0.1, 0.15) is 38.5 Å². The maximum atomic E-state index is 12.0. The van der Waals surface area contributed by atoms with E-state index in [1.54, 1.807) is 12.2 Å². The summed E-state index contributed by atoms with van der Waals surface area (Å²) in [5, 5.41) is 0. The molecule has 0 N–H and O–H groups in total. The number of hydrogen-bond donors (Lipinski definition) is 0. The van der Waals surface area contributed by atoms with E-state index in [1.165, 1.54) is 0 Å². The smallest absolute Gasteiger partial charge is 0.147 e. The van der Waals surface area contributed by atoms with E-state index in [2.05, 4.69) is 13.2 Å². The molecule has 0 spiro atoms. The molecule has 0 atom stereocenters. The minimum absolute atomic E-state index is 0.0739. The maximum Gasteiger partial charge on any atom is 0.147 e. The van der Waals surface area contributed by atoms with Gasteiger partial charge in [0.15, 0.2) is 0 Å². The van der Waals surface area contributed by atoms with Gasteiger partial charge in [-0.2, -0.15) is 0 Å². The molecule has 1 rings (SSSR count). The highest BCUT2D eigenvalue weighted by molar-refractivity contribution is 6.07. The number of allylic oxidation sites excluding steroid dienone is 2. The molecule has 0 unspecified atom stereocenters. The number of carbonyl (C=O) groups excluding carboxylic acids is 2. The third-order valence-electron chi connectivity index (χ3n) is 3.11. The number of hydrogen-bond acceptors (Lipinski definition) is 2. The predicted octanol–water partition coefficient (Wildman–Crippen LogP) is 2.84. The van der Waals surface area contributed by atoms with Crippen molar-refractivity contribution in [1.82, 2.24) is 0 Å². The first-order valence-electron chi connectivity index (χ1n) is 5.46. The second kappa shape index (κ2) is 5.06. The topological polar surface area (TPSA) is 34.1 Å². The van der Waals surface area contributed by atoms with Crippen molar-refractivity contribution < 1.29 is 9.59 Å². The molecule has 0 bridgehead atoms. The monoisotopic (exact) mass is 206 g/mol. The van der Waals surface area contributed by atoms with Crippen molar-refractivity contribution in [1.29, 1.82) is 0 Å². The number of ketones is 2. The molecular weight excluding hydrogens is 188 g/mol. The molecular formula is C13H18O2. The standard InChI is InChI=1S/C13H18O2/c1-3-9-13(10-4-2)11(14)7-5-6-8-12(13)15/h3-4H,1-2,5-10H2. The molecule has 0 amide bonds. The van der Waals surface area contributed by atoms with Crippen molar-refractivity contribution >= 4 is 11.6 Å². The normalized spacial score (nSPS) is 20.8. The van der Waals surface area contributed by atoms with Gasteiger partial charge in [-0.15, -0.1) is 13.2 Å². The van der Waals surface area contributed by atoms with Crippen LogP contribution in [0.4, 0.5) is 0 Å². The van der Waals surface area contributed by atoms with Gasteiger partial charge in [-0.1, -0.05) is 12.2 Å². The molecule has 82 valence electrons. The molecule has 1 saturated carbocycles. The van der Waals surface area contributed by atoms with Crippen LogP contribution in [0.2, 0.25) is 0 Å². The molecule has 2 heteroatoms. The fraction of sp³-hybridized carbons (Fsp3) is 0.538. The van der Waals surface area contributed by atoms with Crippen molar-refractivity contribution in [3.8, 4) is 0 Å². The molecule has 0 heterocycles. The van der Waals surface area contributed by atoms with Crippen LogP contribution in [0.15, 0.2) is 25.3 Å². The lowest BCUT2D eigenvalue weighted by atomic mass is 9.73. The predicted molar refractivity (Wildman–Crippen MR) is 60.5 cm³/mol. The first-order valence-corrected chi connectivity index (χ1v) is 5.46. The van der Waals surface area contributed by atoms with E-state index in [0.29, 0.717) is 25.7 Å². The van der Waals surface area contributed by atoms with Crippen LogP contribution >= 0.6 is 0 Å². The molecule has 0 saturated heterocycles. The largest absolute Gasteiger partial charge is 0.299 e. The molecule has 1 aliphatic rings. The molecule has 0 aromatic carbocycles. The van der Waals surface area contributed by atoms with E-state index in [1.807, 2.05) is 0 Å². The Balaban J connectivity index is 3.05. The van der Waals surface area contributed by atoms with E-state index >= 15 is 0 Å². The average Bonchev–Trinajstić information content (AvgIpc) is 2.33. The Morgan fingerprint density at radius 3 is 1.73 bits per heavy atom. The van der Waals surface area contributed by atoms with Gasteiger partial charge < -0.3 is 0 Å². The Kier molecular flexibility index (Phi) is 4.01. The zero-order valence-electron chi connectivity index (χ0n) is 9.13. The summed E-state index contributed by atoms with van der Waals surface area (Å²) in [5.74, 6) is 0.148. The van der Waals surface area contributed by atoms with Gasteiger partial charge in [-0.3, -0.25) is 9.59 Å². The highest BCUT2D eigenvalue weighted by Crippen LogP contribution is 2.36. The molecule has 2 nitrogen and oxygen atoms in total. The average molecular weight is 206 g/mol. The summed E-state index contributed by atoms with van der Waals surface area (Å²) >= 11 is 0. The summed E-state index contributed by atoms with van der Waals surface area (Å²) in [5.41, 5.74) is -0.833. The van der Waals surface area contributed by atoms with Crippen molar-refractivity contribution in [2.24, 2.45) is 5.41 Å². The third kappa shape index (κ3) is 2.25. The maximum absolute atomic E-state index is 12.0. The van der Waals surface area contributed by atoms with E-state index in [4.69, 9.17) is 0 Å². The van der Waals surface area contributed by atoms with Crippen molar-refractivity contribution in [2.45, 2.75) is 38.5 Å². The Labute approximate surface area is 91.1 Å². The SMILES string of the molecule is C=CCC1(CC=C)C(=O)CCCCC1=O. The van der Waals surface area contributed by atoms with Gasteiger partial charge in [0.2, 0.25) is 0 Å². The fourth-order valence-corrected chi connectivity index (χ4v) is 2.24. The number of Topliss-reactive ketones (excluding diaryl/α,β-unsaturated/α-hetero) is 2. The lowest BCUT2D eigenvalue weighted by Gasteiger charge is -2.27. The lowest BCUT2D eigenvalue weighted by Crippen LogP contribution is -2.37. The minimum atomic E-state index is -0.833. The van der Waals surface area contributed by atoms with Crippen LogP contribution in [0.5, 0.6) is 0 Å². The van der Waals surface area contributed by atoms with E-state index in [-0.39, 0.29) is 11.6 Å². The Morgan fingerprint density at radius 1 is 1.00 bits per heavy atom. The van der Waals surface area contributed by atoms with E-state index < -0.39 is 5.41 Å². The van der Waals surface area contributed by atoms with Gasteiger partial charge >= 0.3 is 0 Å². The summed E-state index contributed by atoms with van der Waals surface area (Å²) in [6.07, 6.45) is 6.96. The molecule has 1 aliphatic carbocycles. The quantitative estimate of drug-likeness (QED) is 0.402.